The van der Waals surface area contributed by atoms with Crippen LogP contribution in [-0.4, -0.2) is 47.3 Å². The number of hydrogen-bond acceptors (Lipinski definition) is 6. The minimum Gasteiger partial charge on any atom is -0.478 e. The van der Waals surface area contributed by atoms with Gasteiger partial charge in [0.25, 0.3) is 0 Å². The quantitative estimate of drug-likeness (QED) is 0.235. The van der Waals surface area contributed by atoms with Crippen molar-refractivity contribution >= 4 is 23.9 Å². The monoisotopic (exact) mass is 472 g/mol. The first kappa shape index (κ1) is 27.2. The van der Waals surface area contributed by atoms with Crippen LogP contribution in [0.3, 0.4) is 0 Å². The number of oxime groups is 1. The van der Waals surface area contributed by atoms with Crippen LogP contribution in [-0.2, 0) is 19.8 Å². The van der Waals surface area contributed by atoms with E-state index in [0.29, 0.717) is 37.6 Å². The molecule has 186 valence electrons. The third-order valence-electron chi connectivity index (χ3n) is 6.99. The summed E-state index contributed by atoms with van der Waals surface area (Å²) in [6.45, 7) is 9.80. The summed E-state index contributed by atoms with van der Waals surface area (Å²) in [6, 6.07) is 6.55. The van der Waals surface area contributed by atoms with Crippen LogP contribution in [0.4, 0.5) is 0 Å². The molecule has 3 atom stereocenters. The zero-order chi connectivity index (χ0) is 25.5. The Bertz CT molecular complexity index is 954. The molecule has 1 unspecified atom stereocenters. The minimum absolute atomic E-state index is 0.00560. The number of carboxylic acids is 2. The molecule has 8 heteroatoms. The molecule has 0 amide bonds. The van der Waals surface area contributed by atoms with Crippen molar-refractivity contribution in [2.24, 2.45) is 22.2 Å². The topological polar surface area (TPSA) is 139 Å². The molecule has 2 aliphatic rings. The van der Waals surface area contributed by atoms with Gasteiger partial charge in [0.15, 0.2) is 5.78 Å². The number of aliphatic carboxylic acids is 2. The number of benzene rings is 1. The Balaban J connectivity index is 0.000000440. The van der Waals surface area contributed by atoms with Crippen LogP contribution in [0, 0.1) is 11.3 Å². The molecule has 0 bridgehead atoms. The van der Waals surface area contributed by atoms with E-state index in [9.17, 15) is 14.4 Å². The fourth-order valence-corrected chi connectivity index (χ4v) is 5.20. The number of carbonyl (C=O) groups excluding carboxylic acids is 1. The van der Waals surface area contributed by atoms with Gasteiger partial charge in [-0.2, -0.15) is 0 Å². The predicted molar refractivity (Wildman–Crippen MR) is 130 cm³/mol. The van der Waals surface area contributed by atoms with Crippen LogP contribution >= 0.6 is 0 Å². The lowest BCUT2D eigenvalue weighted by Crippen LogP contribution is -2.51. The Hall–Kier alpha value is -3.00. The predicted octanol–water partition coefficient (Wildman–Crippen LogP) is 4.13. The van der Waals surface area contributed by atoms with Crippen molar-refractivity contribution in [2.45, 2.75) is 64.7 Å². The molecule has 1 aromatic rings. The fraction of sp³-hybridized carbons (Fsp3) is 0.538. The van der Waals surface area contributed by atoms with Gasteiger partial charge in [-0.25, -0.2) is 9.59 Å². The van der Waals surface area contributed by atoms with Gasteiger partial charge in [0.2, 0.25) is 0 Å². The molecule has 34 heavy (non-hydrogen) atoms. The maximum absolute atomic E-state index is 13.0. The van der Waals surface area contributed by atoms with E-state index in [1.165, 1.54) is 11.1 Å². The van der Waals surface area contributed by atoms with Crippen LogP contribution < -0.4 is 5.73 Å². The normalized spacial score (nSPS) is 26.1. The van der Waals surface area contributed by atoms with Crippen LogP contribution in [0.15, 0.2) is 35.5 Å². The van der Waals surface area contributed by atoms with E-state index in [0.717, 1.165) is 24.8 Å². The number of fused-ring (bicyclic) bond motifs is 3. The second-order valence-corrected chi connectivity index (χ2v) is 9.78. The van der Waals surface area contributed by atoms with Crippen molar-refractivity contribution in [3.63, 3.8) is 0 Å². The lowest BCUT2D eigenvalue weighted by atomic mass is 9.50. The first-order chi connectivity index (χ1) is 15.9. The van der Waals surface area contributed by atoms with Crippen molar-refractivity contribution in [3.05, 3.63) is 47.0 Å². The largest absolute Gasteiger partial charge is 0.478 e. The molecule has 0 heterocycles. The van der Waals surface area contributed by atoms with Gasteiger partial charge in [-0.15, -0.1) is 0 Å². The summed E-state index contributed by atoms with van der Waals surface area (Å²) in [7, 11) is 0. The Morgan fingerprint density at radius 3 is 2.41 bits per heavy atom. The molecule has 3 rings (SSSR count). The van der Waals surface area contributed by atoms with Crippen molar-refractivity contribution < 1.29 is 29.4 Å². The molecular weight excluding hydrogens is 436 g/mol. The van der Waals surface area contributed by atoms with Gasteiger partial charge in [0.1, 0.15) is 6.61 Å². The maximum Gasteiger partial charge on any atom is 0.328 e. The second kappa shape index (κ2) is 11.4. The summed E-state index contributed by atoms with van der Waals surface area (Å²) < 4.78 is 0. The average molecular weight is 473 g/mol. The minimum atomic E-state index is -1.26. The van der Waals surface area contributed by atoms with Crippen LogP contribution in [0.25, 0.3) is 0 Å². The van der Waals surface area contributed by atoms with Gasteiger partial charge in [0.05, 0.1) is 0 Å². The summed E-state index contributed by atoms with van der Waals surface area (Å²) in [4.78, 5) is 37.4. The standard InChI is InChI=1S/C22H32N2O2.C4H4O4/c1-15(2)16-6-7-18-17(12-16)19(25)13-20-21(3,14-24-26-11-10-23)8-5-9-22(18,20)4;5-3(6)1-2-4(7)8/h6-7,12,14-15,20H,5,8-11,13,23H2,1-4H3;1-2H,(H,5,6)(H,7,8)/b;2-1+/t20?,21-,22-;/m1./s1. The number of hydrogen-bond donors (Lipinski definition) is 3. The fourth-order valence-electron chi connectivity index (χ4n) is 5.20. The smallest absolute Gasteiger partial charge is 0.328 e. The van der Waals surface area contributed by atoms with Gasteiger partial charge < -0.3 is 20.8 Å². The number of carbonyl (C=O) groups is 3. The number of rotatable bonds is 7. The Morgan fingerprint density at radius 1 is 1.21 bits per heavy atom. The van der Waals surface area contributed by atoms with Crippen molar-refractivity contribution in [1.82, 2.24) is 0 Å². The first-order valence-electron chi connectivity index (χ1n) is 11.6. The molecule has 0 radical (unpaired) electrons. The Morgan fingerprint density at radius 2 is 1.85 bits per heavy atom. The van der Waals surface area contributed by atoms with Crippen molar-refractivity contribution in [2.75, 3.05) is 13.2 Å². The molecule has 0 saturated heterocycles. The Labute approximate surface area is 200 Å². The lowest BCUT2D eigenvalue weighted by Gasteiger charge is -2.53. The number of Topliss-reactive ketones (excluding diaryl/α,β-unsaturated/α-hetero) is 1. The zero-order valence-corrected chi connectivity index (χ0v) is 20.4. The van der Waals surface area contributed by atoms with E-state index in [1.807, 2.05) is 6.21 Å². The average Bonchev–Trinajstić information content (AvgIpc) is 2.77. The van der Waals surface area contributed by atoms with Gasteiger partial charge >= 0.3 is 11.9 Å². The zero-order valence-electron chi connectivity index (χ0n) is 20.4. The van der Waals surface area contributed by atoms with Crippen LogP contribution in [0.1, 0.15) is 80.8 Å². The van der Waals surface area contributed by atoms with E-state index in [4.69, 9.17) is 20.8 Å². The summed E-state index contributed by atoms with van der Waals surface area (Å²) in [5, 5.41) is 19.8. The molecule has 8 nitrogen and oxygen atoms in total. The van der Waals surface area contributed by atoms with Crippen LogP contribution in [0.2, 0.25) is 0 Å². The number of ketones is 1. The lowest BCUT2D eigenvalue weighted by molar-refractivity contribution is -0.134. The van der Waals surface area contributed by atoms with Gasteiger partial charge in [-0.05, 0) is 47.3 Å². The Kier molecular flexibility index (Phi) is 9.15. The maximum atomic E-state index is 13.0. The van der Waals surface area contributed by atoms with Crippen molar-refractivity contribution in [3.8, 4) is 0 Å². The first-order valence-corrected chi connectivity index (χ1v) is 11.6. The van der Waals surface area contributed by atoms with E-state index in [-0.39, 0.29) is 22.5 Å². The summed E-state index contributed by atoms with van der Waals surface area (Å²) >= 11 is 0. The number of nitrogens with zero attached hydrogens (tertiary/aromatic N) is 1. The van der Waals surface area contributed by atoms with E-state index in [1.54, 1.807) is 0 Å². The summed E-state index contributed by atoms with van der Waals surface area (Å²) in [5.41, 5.74) is 8.75. The summed E-state index contributed by atoms with van der Waals surface area (Å²) in [5.74, 6) is -1.56. The van der Waals surface area contributed by atoms with Crippen LogP contribution in [0.5, 0.6) is 0 Å². The highest BCUT2D eigenvalue weighted by molar-refractivity contribution is 6.00. The second-order valence-electron chi connectivity index (χ2n) is 9.78. The molecule has 0 aromatic heterocycles. The van der Waals surface area contributed by atoms with Gasteiger partial charge in [-0.3, -0.25) is 4.79 Å². The third-order valence-corrected chi connectivity index (χ3v) is 6.99. The highest BCUT2D eigenvalue weighted by atomic mass is 16.6. The molecule has 1 fully saturated rings. The van der Waals surface area contributed by atoms with E-state index >= 15 is 0 Å². The molecule has 0 aliphatic heterocycles. The molecular formula is C26H36N2O6. The number of carboxylic acid groups (broad SMARTS) is 2. The molecule has 4 N–H and O–H groups in total. The SMILES string of the molecule is CC(C)c1ccc2c(c1)C(=O)CC1[C@@](C)(C=NOCCN)CCC[C@]21C.O=C(O)/C=C/C(=O)O. The highest BCUT2D eigenvalue weighted by Crippen LogP contribution is 2.56. The van der Waals surface area contributed by atoms with Crippen molar-refractivity contribution in [1.29, 1.82) is 0 Å². The highest BCUT2D eigenvalue weighted by Gasteiger charge is 2.53. The summed E-state index contributed by atoms with van der Waals surface area (Å²) in [6.07, 6.45) is 6.92. The van der Waals surface area contributed by atoms with E-state index in [2.05, 4.69) is 51.0 Å². The third kappa shape index (κ3) is 6.32. The van der Waals surface area contributed by atoms with Gasteiger partial charge in [0, 0.05) is 42.3 Å². The van der Waals surface area contributed by atoms with E-state index < -0.39 is 11.9 Å². The number of nitrogens with two attached hydrogens (primary N) is 1. The molecule has 1 aromatic carbocycles. The molecule has 2 aliphatic carbocycles. The van der Waals surface area contributed by atoms with Gasteiger partial charge in [-0.1, -0.05) is 51.4 Å². The molecule has 0 spiro atoms. The molecule has 1 saturated carbocycles.